The van der Waals surface area contributed by atoms with Gasteiger partial charge in [-0.15, -0.1) is 0 Å². The first kappa shape index (κ1) is 14.9. The number of rotatable bonds is 5. The molecule has 0 heterocycles. The highest BCUT2D eigenvalue weighted by Gasteiger charge is 2.09. The summed E-state index contributed by atoms with van der Waals surface area (Å²) >= 11 is 0. The lowest BCUT2D eigenvalue weighted by molar-refractivity contribution is 0.247. The summed E-state index contributed by atoms with van der Waals surface area (Å²) in [6.07, 6.45) is 0.769. The molecule has 0 fully saturated rings. The van der Waals surface area contributed by atoms with Gasteiger partial charge in [-0.05, 0) is 36.2 Å². The molecule has 4 nitrogen and oxygen atoms in total. The van der Waals surface area contributed by atoms with Crippen molar-refractivity contribution in [2.75, 3.05) is 25.6 Å². The van der Waals surface area contributed by atoms with Crippen LogP contribution in [0.2, 0.25) is 0 Å². The Morgan fingerprint density at radius 1 is 1.14 bits per heavy atom. The van der Waals surface area contributed by atoms with Crippen molar-refractivity contribution in [1.29, 1.82) is 0 Å². The van der Waals surface area contributed by atoms with Gasteiger partial charge in [-0.1, -0.05) is 30.3 Å². The minimum Gasteiger partial charge on any atom is -0.497 e. The summed E-state index contributed by atoms with van der Waals surface area (Å²) in [4.78, 5) is 13.6. The number of nitrogens with one attached hydrogen (secondary N) is 1. The average molecular weight is 284 g/mol. The lowest BCUT2D eigenvalue weighted by Gasteiger charge is -2.18. The summed E-state index contributed by atoms with van der Waals surface area (Å²) in [6.45, 7) is 0.586. The van der Waals surface area contributed by atoms with Gasteiger partial charge in [0.2, 0.25) is 0 Å². The maximum absolute atomic E-state index is 12.0. The molecular formula is C17H20N2O2. The second-order valence-electron chi connectivity index (χ2n) is 4.73. The van der Waals surface area contributed by atoms with Crippen molar-refractivity contribution in [3.8, 4) is 5.75 Å². The number of benzene rings is 2. The fourth-order valence-electron chi connectivity index (χ4n) is 2.03. The Bertz CT molecular complexity index is 584. The zero-order valence-corrected chi connectivity index (χ0v) is 12.4. The van der Waals surface area contributed by atoms with Crippen molar-refractivity contribution in [3.05, 3.63) is 60.2 Å². The van der Waals surface area contributed by atoms with Crippen LogP contribution in [0, 0.1) is 0 Å². The van der Waals surface area contributed by atoms with Gasteiger partial charge < -0.3 is 10.1 Å². The third kappa shape index (κ3) is 4.24. The highest BCUT2D eigenvalue weighted by atomic mass is 16.5. The Labute approximate surface area is 125 Å². The number of methoxy groups -OCH3 is 1. The smallest absolute Gasteiger partial charge is 0.321 e. The second kappa shape index (κ2) is 7.33. The number of carbonyl (C=O) groups is 1. The molecule has 0 radical (unpaired) electrons. The van der Waals surface area contributed by atoms with Crippen LogP contribution in [-0.4, -0.2) is 26.7 Å². The van der Waals surface area contributed by atoms with E-state index in [0.717, 1.165) is 23.4 Å². The molecule has 2 aromatic carbocycles. The van der Waals surface area contributed by atoms with E-state index in [0.29, 0.717) is 6.54 Å². The van der Waals surface area contributed by atoms with E-state index in [1.165, 1.54) is 0 Å². The van der Waals surface area contributed by atoms with Crippen molar-refractivity contribution in [1.82, 2.24) is 5.32 Å². The van der Waals surface area contributed by atoms with Crippen LogP contribution in [0.3, 0.4) is 0 Å². The molecule has 0 spiro atoms. The summed E-state index contributed by atoms with van der Waals surface area (Å²) in [5, 5.41) is 2.91. The maximum atomic E-state index is 12.0. The van der Waals surface area contributed by atoms with Crippen molar-refractivity contribution in [2.24, 2.45) is 0 Å². The number of hydrogen-bond donors (Lipinski definition) is 1. The minimum absolute atomic E-state index is 0.107. The molecule has 4 heteroatoms. The van der Waals surface area contributed by atoms with Gasteiger partial charge in [-0.25, -0.2) is 4.79 Å². The highest BCUT2D eigenvalue weighted by molar-refractivity contribution is 5.91. The van der Waals surface area contributed by atoms with Gasteiger partial charge in [0.25, 0.3) is 0 Å². The number of ether oxygens (including phenoxy) is 1. The molecule has 2 amide bonds. The van der Waals surface area contributed by atoms with Crippen LogP contribution in [0.25, 0.3) is 0 Å². The number of carbonyl (C=O) groups excluding carboxylic acids is 1. The molecule has 2 aromatic rings. The molecule has 1 N–H and O–H groups in total. The van der Waals surface area contributed by atoms with Crippen LogP contribution >= 0.6 is 0 Å². The molecule has 0 bridgehead atoms. The Balaban J connectivity index is 1.84. The average Bonchev–Trinajstić information content (AvgIpc) is 2.55. The molecule has 0 aliphatic heterocycles. The van der Waals surface area contributed by atoms with Gasteiger partial charge in [0, 0.05) is 19.3 Å². The van der Waals surface area contributed by atoms with E-state index in [9.17, 15) is 4.79 Å². The van der Waals surface area contributed by atoms with E-state index in [1.807, 2.05) is 54.6 Å². The first-order chi connectivity index (χ1) is 10.2. The molecule has 0 aliphatic carbocycles. The van der Waals surface area contributed by atoms with Crippen LogP contribution in [-0.2, 0) is 6.42 Å². The summed E-state index contributed by atoms with van der Waals surface area (Å²) in [5.74, 6) is 0.834. The van der Waals surface area contributed by atoms with E-state index in [4.69, 9.17) is 4.74 Å². The highest BCUT2D eigenvalue weighted by Crippen LogP contribution is 2.13. The Kier molecular flexibility index (Phi) is 5.21. The van der Waals surface area contributed by atoms with Crippen LogP contribution < -0.4 is 15.0 Å². The van der Waals surface area contributed by atoms with Crippen LogP contribution in [0.15, 0.2) is 54.6 Å². The first-order valence-electron chi connectivity index (χ1n) is 6.90. The van der Waals surface area contributed by atoms with Crippen LogP contribution in [0.4, 0.5) is 10.5 Å². The molecule has 0 saturated carbocycles. The standard InChI is InChI=1S/C17H20N2O2/c1-19(15-8-4-3-5-9-15)17(20)18-12-11-14-7-6-10-16(13-14)21-2/h3-10,13H,11-12H2,1-2H3,(H,18,20). The number of amides is 2. The molecule has 110 valence electrons. The van der Waals surface area contributed by atoms with E-state index >= 15 is 0 Å². The third-order valence-corrected chi connectivity index (χ3v) is 3.27. The lowest BCUT2D eigenvalue weighted by atomic mass is 10.1. The molecule has 0 saturated heterocycles. The van der Waals surface area contributed by atoms with Crippen LogP contribution in [0.1, 0.15) is 5.56 Å². The Hall–Kier alpha value is -2.49. The van der Waals surface area contributed by atoms with Gasteiger partial charge >= 0.3 is 6.03 Å². The van der Waals surface area contributed by atoms with Gasteiger partial charge in [-0.3, -0.25) is 4.90 Å². The Morgan fingerprint density at radius 3 is 2.62 bits per heavy atom. The molecule has 21 heavy (non-hydrogen) atoms. The minimum atomic E-state index is -0.107. The van der Waals surface area contributed by atoms with Crippen molar-refractivity contribution in [2.45, 2.75) is 6.42 Å². The summed E-state index contributed by atoms with van der Waals surface area (Å²) in [6, 6.07) is 17.3. The van der Waals surface area contributed by atoms with Crippen molar-refractivity contribution in [3.63, 3.8) is 0 Å². The fourth-order valence-corrected chi connectivity index (χ4v) is 2.03. The summed E-state index contributed by atoms with van der Waals surface area (Å²) in [7, 11) is 3.41. The zero-order valence-electron chi connectivity index (χ0n) is 12.4. The molecular weight excluding hydrogens is 264 g/mol. The number of urea groups is 1. The molecule has 0 unspecified atom stereocenters. The van der Waals surface area contributed by atoms with Gasteiger partial charge in [0.1, 0.15) is 5.75 Å². The van der Waals surface area contributed by atoms with Gasteiger partial charge in [0.05, 0.1) is 7.11 Å². The molecule has 0 aliphatic rings. The topological polar surface area (TPSA) is 41.6 Å². The van der Waals surface area contributed by atoms with Gasteiger partial charge in [-0.2, -0.15) is 0 Å². The number of nitrogens with zero attached hydrogens (tertiary/aromatic N) is 1. The Morgan fingerprint density at radius 2 is 1.90 bits per heavy atom. The molecule has 0 atom stereocenters. The first-order valence-corrected chi connectivity index (χ1v) is 6.90. The SMILES string of the molecule is COc1cccc(CCNC(=O)N(C)c2ccccc2)c1. The largest absolute Gasteiger partial charge is 0.497 e. The van der Waals surface area contributed by atoms with Gasteiger partial charge in [0.15, 0.2) is 0 Å². The maximum Gasteiger partial charge on any atom is 0.321 e. The van der Waals surface area contributed by atoms with Crippen LogP contribution in [0.5, 0.6) is 5.75 Å². The monoisotopic (exact) mass is 284 g/mol. The zero-order chi connectivity index (χ0) is 15.1. The third-order valence-electron chi connectivity index (χ3n) is 3.27. The summed E-state index contributed by atoms with van der Waals surface area (Å²) < 4.78 is 5.18. The van der Waals surface area contributed by atoms with E-state index < -0.39 is 0 Å². The lowest BCUT2D eigenvalue weighted by Crippen LogP contribution is -2.38. The number of para-hydroxylation sites is 1. The predicted molar refractivity (Wildman–Crippen MR) is 84.9 cm³/mol. The molecule has 0 aromatic heterocycles. The van der Waals surface area contributed by atoms with E-state index in [1.54, 1.807) is 19.1 Å². The van der Waals surface area contributed by atoms with Crippen molar-refractivity contribution < 1.29 is 9.53 Å². The van der Waals surface area contributed by atoms with E-state index in [-0.39, 0.29) is 6.03 Å². The summed E-state index contributed by atoms with van der Waals surface area (Å²) in [5.41, 5.74) is 2.01. The normalized spacial score (nSPS) is 10.0. The van der Waals surface area contributed by atoms with Crippen molar-refractivity contribution >= 4 is 11.7 Å². The fraction of sp³-hybridized carbons (Fsp3) is 0.235. The molecule has 2 rings (SSSR count). The second-order valence-corrected chi connectivity index (χ2v) is 4.73. The predicted octanol–water partition coefficient (Wildman–Crippen LogP) is 3.08. The van der Waals surface area contributed by atoms with E-state index in [2.05, 4.69) is 5.32 Å². The number of anilines is 1. The number of hydrogen-bond acceptors (Lipinski definition) is 2. The quantitative estimate of drug-likeness (QED) is 0.916.